The van der Waals surface area contributed by atoms with Gasteiger partial charge in [0.05, 0.1) is 0 Å². The molecule has 0 aliphatic rings. The van der Waals surface area contributed by atoms with Crippen LogP contribution in [0.4, 0.5) is 0 Å². The Hall–Kier alpha value is -1.59. The summed E-state index contributed by atoms with van der Waals surface area (Å²) in [7, 11) is 0. The SMILES string of the molecule is CCCCCCCCCCCC(=O)OC[C@H](COC(=O)CCCCCCCCC)OC(=O)CCCCCCCCCCCCCCCCC(C)C. The Kier molecular flexibility index (Phi) is 38.4. The maximum Gasteiger partial charge on any atom is 0.306 e. The van der Waals surface area contributed by atoms with Gasteiger partial charge in [-0.15, -0.1) is 0 Å². The zero-order chi connectivity index (χ0) is 37.5. The van der Waals surface area contributed by atoms with Crippen LogP contribution in [0.3, 0.4) is 0 Å². The molecule has 0 saturated heterocycles. The van der Waals surface area contributed by atoms with Gasteiger partial charge in [0.2, 0.25) is 0 Å². The van der Waals surface area contributed by atoms with Crippen molar-refractivity contribution in [2.45, 2.75) is 252 Å². The van der Waals surface area contributed by atoms with Gasteiger partial charge < -0.3 is 14.2 Å². The Morgan fingerprint density at radius 1 is 0.373 bits per heavy atom. The van der Waals surface area contributed by atoms with Crippen molar-refractivity contribution in [2.75, 3.05) is 13.2 Å². The van der Waals surface area contributed by atoms with Crippen molar-refractivity contribution in [3.8, 4) is 0 Å². The third-order valence-electron chi connectivity index (χ3n) is 10.0. The number of esters is 3. The van der Waals surface area contributed by atoms with E-state index in [0.29, 0.717) is 19.3 Å². The summed E-state index contributed by atoms with van der Waals surface area (Å²) in [5, 5.41) is 0. The van der Waals surface area contributed by atoms with Gasteiger partial charge in [0.25, 0.3) is 0 Å². The molecular formula is C45H86O6. The first-order chi connectivity index (χ1) is 24.9. The molecule has 6 heteroatoms. The van der Waals surface area contributed by atoms with E-state index >= 15 is 0 Å². The molecule has 0 aromatic heterocycles. The van der Waals surface area contributed by atoms with Crippen LogP contribution >= 0.6 is 0 Å². The Balaban J connectivity index is 4.22. The summed E-state index contributed by atoms with van der Waals surface area (Å²) in [6, 6.07) is 0. The Morgan fingerprint density at radius 2 is 0.647 bits per heavy atom. The molecular weight excluding hydrogens is 636 g/mol. The first kappa shape index (κ1) is 49.4. The summed E-state index contributed by atoms with van der Waals surface area (Å²) >= 11 is 0. The molecule has 0 aliphatic heterocycles. The highest BCUT2D eigenvalue weighted by atomic mass is 16.6. The predicted molar refractivity (Wildman–Crippen MR) is 215 cm³/mol. The molecule has 0 heterocycles. The minimum atomic E-state index is -0.757. The number of carbonyl (C=O) groups excluding carboxylic acids is 3. The molecule has 0 radical (unpaired) electrons. The molecule has 0 saturated carbocycles. The first-order valence-corrected chi connectivity index (χ1v) is 22.4. The summed E-state index contributed by atoms with van der Waals surface area (Å²) in [6.45, 7) is 8.95. The highest BCUT2D eigenvalue weighted by Crippen LogP contribution is 2.16. The van der Waals surface area contributed by atoms with Crippen LogP contribution < -0.4 is 0 Å². The number of hydrogen-bond acceptors (Lipinski definition) is 6. The fourth-order valence-electron chi connectivity index (χ4n) is 6.63. The molecule has 0 aromatic rings. The van der Waals surface area contributed by atoms with Gasteiger partial charge in [0, 0.05) is 19.3 Å². The average Bonchev–Trinajstić information content (AvgIpc) is 3.11. The third-order valence-corrected chi connectivity index (χ3v) is 10.0. The maximum absolute atomic E-state index is 12.7. The number of hydrogen-bond donors (Lipinski definition) is 0. The van der Waals surface area contributed by atoms with Crippen LogP contribution in [0.2, 0.25) is 0 Å². The number of carbonyl (C=O) groups is 3. The lowest BCUT2D eigenvalue weighted by molar-refractivity contribution is -0.167. The van der Waals surface area contributed by atoms with Crippen molar-refractivity contribution in [3.63, 3.8) is 0 Å². The van der Waals surface area contributed by atoms with E-state index in [-0.39, 0.29) is 31.1 Å². The van der Waals surface area contributed by atoms with E-state index in [1.165, 1.54) is 141 Å². The normalized spacial score (nSPS) is 11.9. The summed E-state index contributed by atoms with van der Waals surface area (Å²) < 4.78 is 16.6. The molecule has 0 fully saturated rings. The zero-order valence-corrected chi connectivity index (χ0v) is 34.6. The lowest BCUT2D eigenvalue weighted by atomic mass is 10.0. The molecule has 0 spiro atoms. The molecule has 302 valence electrons. The van der Waals surface area contributed by atoms with Crippen molar-refractivity contribution in [1.82, 2.24) is 0 Å². The van der Waals surface area contributed by atoms with E-state index in [0.717, 1.165) is 63.7 Å². The summed E-state index contributed by atoms with van der Waals surface area (Å²) in [5.74, 6) is -0.0203. The lowest BCUT2D eigenvalue weighted by Gasteiger charge is -2.18. The van der Waals surface area contributed by atoms with E-state index in [1.54, 1.807) is 0 Å². The van der Waals surface area contributed by atoms with Crippen molar-refractivity contribution < 1.29 is 28.6 Å². The van der Waals surface area contributed by atoms with E-state index < -0.39 is 6.10 Å². The molecule has 0 unspecified atom stereocenters. The molecule has 6 nitrogen and oxygen atoms in total. The molecule has 51 heavy (non-hydrogen) atoms. The summed E-state index contributed by atoms with van der Waals surface area (Å²) in [5.41, 5.74) is 0. The largest absolute Gasteiger partial charge is 0.462 e. The monoisotopic (exact) mass is 723 g/mol. The topological polar surface area (TPSA) is 78.9 Å². The second-order valence-corrected chi connectivity index (χ2v) is 15.8. The van der Waals surface area contributed by atoms with E-state index in [2.05, 4.69) is 27.7 Å². The van der Waals surface area contributed by atoms with E-state index in [9.17, 15) is 14.4 Å². The number of unbranched alkanes of at least 4 members (excludes halogenated alkanes) is 27. The Morgan fingerprint density at radius 3 is 0.961 bits per heavy atom. The standard InChI is InChI=1S/C45H86O6/c1-5-7-9-11-13-20-25-29-33-37-44(47)50-40-42(39-49-43(46)36-32-28-23-12-10-8-6-2)51-45(48)38-34-30-26-22-19-17-15-14-16-18-21-24-27-31-35-41(3)4/h41-42H,5-40H2,1-4H3/t42-/m0/s1. The van der Waals surface area contributed by atoms with Crippen LogP contribution in [0, 0.1) is 5.92 Å². The van der Waals surface area contributed by atoms with Gasteiger partial charge >= 0.3 is 17.9 Å². The fourth-order valence-corrected chi connectivity index (χ4v) is 6.63. The van der Waals surface area contributed by atoms with Crippen molar-refractivity contribution in [2.24, 2.45) is 5.92 Å². The molecule has 0 bridgehead atoms. The van der Waals surface area contributed by atoms with Crippen molar-refractivity contribution in [1.29, 1.82) is 0 Å². The van der Waals surface area contributed by atoms with Gasteiger partial charge in [-0.2, -0.15) is 0 Å². The molecule has 1 atom stereocenters. The summed E-state index contributed by atoms with van der Waals surface area (Å²) in [6.07, 6.45) is 38.1. The minimum absolute atomic E-state index is 0.0645. The lowest BCUT2D eigenvalue weighted by Crippen LogP contribution is -2.30. The van der Waals surface area contributed by atoms with E-state index in [1.807, 2.05) is 0 Å². The minimum Gasteiger partial charge on any atom is -0.462 e. The van der Waals surface area contributed by atoms with Gasteiger partial charge in [-0.05, 0) is 25.2 Å². The highest BCUT2D eigenvalue weighted by molar-refractivity contribution is 5.71. The van der Waals surface area contributed by atoms with Crippen molar-refractivity contribution >= 4 is 17.9 Å². The fraction of sp³-hybridized carbons (Fsp3) is 0.933. The van der Waals surface area contributed by atoms with Gasteiger partial charge in [-0.3, -0.25) is 14.4 Å². The van der Waals surface area contributed by atoms with Crippen LogP contribution in [0.5, 0.6) is 0 Å². The quantitative estimate of drug-likeness (QED) is 0.0356. The van der Waals surface area contributed by atoms with Crippen LogP contribution in [-0.2, 0) is 28.6 Å². The molecule has 0 amide bonds. The highest BCUT2D eigenvalue weighted by Gasteiger charge is 2.19. The smallest absolute Gasteiger partial charge is 0.306 e. The second kappa shape index (κ2) is 39.6. The maximum atomic E-state index is 12.7. The van der Waals surface area contributed by atoms with Gasteiger partial charge in [0.1, 0.15) is 13.2 Å². The number of ether oxygens (including phenoxy) is 3. The van der Waals surface area contributed by atoms with Crippen LogP contribution in [0.1, 0.15) is 246 Å². The van der Waals surface area contributed by atoms with Crippen molar-refractivity contribution in [3.05, 3.63) is 0 Å². The average molecular weight is 723 g/mol. The van der Waals surface area contributed by atoms with Gasteiger partial charge in [0.15, 0.2) is 6.10 Å². The van der Waals surface area contributed by atoms with Gasteiger partial charge in [-0.25, -0.2) is 0 Å². The Labute approximate surface area is 317 Å². The van der Waals surface area contributed by atoms with Crippen LogP contribution in [0.15, 0.2) is 0 Å². The number of rotatable bonds is 40. The molecule has 0 N–H and O–H groups in total. The van der Waals surface area contributed by atoms with Crippen LogP contribution in [-0.4, -0.2) is 37.2 Å². The molecule has 0 aliphatic carbocycles. The second-order valence-electron chi connectivity index (χ2n) is 15.8. The molecule has 0 rings (SSSR count). The zero-order valence-electron chi connectivity index (χ0n) is 34.6. The predicted octanol–water partition coefficient (Wildman–Crippen LogP) is 13.9. The first-order valence-electron chi connectivity index (χ1n) is 22.4. The summed E-state index contributed by atoms with van der Waals surface area (Å²) in [4.78, 5) is 37.5. The van der Waals surface area contributed by atoms with Crippen LogP contribution in [0.25, 0.3) is 0 Å². The third kappa shape index (κ3) is 39.5. The van der Waals surface area contributed by atoms with Gasteiger partial charge in [-0.1, -0.05) is 207 Å². The molecule has 0 aromatic carbocycles. The van der Waals surface area contributed by atoms with E-state index in [4.69, 9.17) is 14.2 Å². The Bertz CT molecular complexity index is 766.